The summed E-state index contributed by atoms with van der Waals surface area (Å²) in [6, 6.07) is 15.3. The van der Waals surface area contributed by atoms with E-state index in [4.69, 9.17) is 41.4 Å². The van der Waals surface area contributed by atoms with Gasteiger partial charge in [0.25, 0.3) is 0 Å². The number of alkyl halides is 1. The van der Waals surface area contributed by atoms with Crippen LogP contribution in [0.1, 0.15) is 65.2 Å². The number of benzene rings is 2. The van der Waals surface area contributed by atoms with E-state index in [9.17, 15) is 28.8 Å². The van der Waals surface area contributed by atoms with Crippen LogP contribution >= 0.6 is 28.1 Å². The molecule has 0 bridgehead atoms. The van der Waals surface area contributed by atoms with Crippen LogP contribution in [0.2, 0.25) is 0 Å². The zero-order chi connectivity index (χ0) is 41.5. The predicted molar refractivity (Wildman–Crippen MR) is 209 cm³/mol. The molecule has 304 valence electrons. The van der Waals surface area contributed by atoms with Gasteiger partial charge in [-0.2, -0.15) is 0 Å². The molecule has 2 aromatic carbocycles. The molecule has 0 fully saturated rings. The molecule has 16 heteroatoms. The number of carbonyl (C=O) groups excluding carboxylic acids is 6. The Morgan fingerprint density at radius 2 is 0.852 bits per heavy atom. The molecule has 0 N–H and O–H groups in total. The van der Waals surface area contributed by atoms with Gasteiger partial charge in [-0.05, 0) is 36.1 Å². The van der Waals surface area contributed by atoms with Gasteiger partial charge in [-0.1, -0.05) is 55.2 Å². The van der Waals surface area contributed by atoms with Crippen molar-refractivity contribution >= 4 is 63.9 Å². The minimum Gasteiger partial charge on any atom is -1.00 e. The van der Waals surface area contributed by atoms with Crippen LogP contribution in [-0.2, 0) is 82.4 Å². The average molecular weight is 840 g/mol. The van der Waals surface area contributed by atoms with Crippen LogP contribution < -0.4 is 12.4 Å². The van der Waals surface area contributed by atoms with E-state index in [0.717, 1.165) is 22.9 Å². The number of hydrogen-bond acceptors (Lipinski definition) is 12. The molecule has 0 aromatic heterocycles. The lowest BCUT2D eigenvalue weighted by Gasteiger charge is -2.26. The molecular weight excluding hydrogens is 781 g/mol. The van der Waals surface area contributed by atoms with E-state index in [1.165, 1.54) is 47.1 Å². The molecule has 1 unspecified atom stereocenters. The van der Waals surface area contributed by atoms with Gasteiger partial charge < -0.3 is 40.8 Å². The molecule has 0 saturated carbocycles. The van der Waals surface area contributed by atoms with Gasteiger partial charge in [0.2, 0.25) is 0 Å². The lowest BCUT2D eigenvalue weighted by Crippen LogP contribution is -3.00. The molecule has 0 saturated heterocycles. The van der Waals surface area contributed by atoms with Gasteiger partial charge in [-0.15, -0.1) is 20.8 Å². The molecule has 0 radical (unpaired) electrons. The SMILES string of the molecule is CC(=O)OCC(C)(COC(C)=O)C(=O)OCc1ccc(CCl)cc1.CC(=O)OCC(C)(COC(C)=O)C(=O)OCc1ccc(C[P+](C)(C)C)cc1.[3H]CP.[Cl-]. The number of esters is 6. The van der Waals surface area contributed by atoms with Crippen LogP contribution in [0.3, 0.4) is 0 Å². The van der Waals surface area contributed by atoms with E-state index >= 15 is 0 Å². The Labute approximate surface area is 335 Å². The maximum Gasteiger partial charge on any atom is 0.319 e. The second-order valence-electron chi connectivity index (χ2n) is 13.6. The number of carbonyl (C=O) groups is 6. The van der Waals surface area contributed by atoms with Gasteiger partial charge in [0.05, 0.1) is 6.16 Å². The van der Waals surface area contributed by atoms with Gasteiger partial charge in [0.1, 0.15) is 50.5 Å². The van der Waals surface area contributed by atoms with Crippen molar-refractivity contribution in [2.75, 3.05) is 53.1 Å². The fourth-order valence-electron chi connectivity index (χ4n) is 4.02. The summed E-state index contributed by atoms with van der Waals surface area (Å²) in [5, 5.41) is 0. The monoisotopic (exact) mass is 838 g/mol. The van der Waals surface area contributed by atoms with Crippen molar-refractivity contribution in [2.45, 2.75) is 66.8 Å². The number of hydrogen-bond donors (Lipinski definition) is 0. The summed E-state index contributed by atoms with van der Waals surface area (Å²) >= 11 is 5.72. The lowest BCUT2D eigenvalue weighted by atomic mass is 9.93. The van der Waals surface area contributed by atoms with Crippen molar-refractivity contribution in [2.24, 2.45) is 10.8 Å². The molecule has 2 aromatic rings. The van der Waals surface area contributed by atoms with Crippen LogP contribution in [0.5, 0.6) is 0 Å². The minimum atomic E-state index is -1.27. The summed E-state index contributed by atoms with van der Waals surface area (Å²) in [4.78, 5) is 69.0. The van der Waals surface area contributed by atoms with E-state index in [2.05, 4.69) is 29.2 Å². The van der Waals surface area contributed by atoms with Gasteiger partial charge in [0, 0.05) is 62.2 Å². The van der Waals surface area contributed by atoms with E-state index in [1.54, 1.807) is 12.1 Å². The first-order valence-electron chi connectivity index (χ1n) is 17.2. The van der Waals surface area contributed by atoms with Gasteiger partial charge in [-0.3, -0.25) is 28.8 Å². The van der Waals surface area contributed by atoms with Crippen LogP contribution in [-0.4, -0.2) is 88.9 Å². The summed E-state index contributed by atoms with van der Waals surface area (Å²) < 4.78 is 36.5. The molecule has 0 heterocycles. The van der Waals surface area contributed by atoms with Gasteiger partial charge >= 0.3 is 35.8 Å². The summed E-state index contributed by atoms with van der Waals surface area (Å²) in [6.45, 7) is 14.5. The molecule has 12 nitrogen and oxygen atoms in total. The number of halogens is 2. The third-order valence-corrected chi connectivity index (χ3v) is 8.58. The second-order valence-corrected chi connectivity index (χ2v) is 18.8. The first-order valence-corrected chi connectivity index (χ1v) is 21.2. The molecule has 2 rings (SSSR count). The van der Waals surface area contributed by atoms with E-state index in [0.29, 0.717) is 12.5 Å². The second kappa shape index (κ2) is 26.5. The van der Waals surface area contributed by atoms with Gasteiger partial charge in [-0.25, -0.2) is 0 Å². The Morgan fingerprint density at radius 1 is 0.593 bits per heavy atom. The largest absolute Gasteiger partial charge is 1.00 e. The zero-order valence-corrected chi connectivity index (χ0v) is 36.2. The van der Waals surface area contributed by atoms with E-state index in [-0.39, 0.29) is 52.0 Å². The van der Waals surface area contributed by atoms with Crippen LogP contribution in [0, 0.1) is 10.8 Å². The number of rotatable bonds is 17. The summed E-state index contributed by atoms with van der Waals surface area (Å²) in [5.41, 5.74) is 1.35. The highest BCUT2D eigenvalue weighted by atomic mass is 35.5. The molecule has 0 spiro atoms. The van der Waals surface area contributed by atoms with E-state index in [1.807, 2.05) is 36.4 Å². The van der Waals surface area contributed by atoms with Crippen molar-refractivity contribution in [3.8, 4) is 0 Å². The number of ether oxygens (including phenoxy) is 6. The van der Waals surface area contributed by atoms with Crippen molar-refractivity contribution in [3.05, 3.63) is 70.8 Å². The Balaban J connectivity index is 0. The molecule has 1 atom stereocenters. The van der Waals surface area contributed by atoms with Crippen LogP contribution in [0.15, 0.2) is 48.5 Å². The van der Waals surface area contributed by atoms with Crippen LogP contribution in [0.25, 0.3) is 0 Å². The van der Waals surface area contributed by atoms with Gasteiger partial charge in [0.15, 0.2) is 0 Å². The van der Waals surface area contributed by atoms with Crippen LogP contribution in [0.4, 0.5) is 0 Å². The van der Waals surface area contributed by atoms with Crippen molar-refractivity contribution in [1.29, 1.82) is 0 Å². The molecule has 54 heavy (non-hydrogen) atoms. The highest BCUT2D eigenvalue weighted by molar-refractivity contribution is 7.72. The molecule has 0 amide bonds. The zero-order valence-electron chi connectivity index (χ0n) is 33.7. The third-order valence-electron chi connectivity index (χ3n) is 6.96. The quantitative estimate of drug-likeness (QED) is 0.0993. The Morgan fingerprint density at radius 3 is 1.09 bits per heavy atom. The molecular formula is C38H56Cl2O12P2. The highest BCUT2D eigenvalue weighted by Gasteiger charge is 2.39. The first-order chi connectivity index (χ1) is 25.1. The third kappa shape index (κ3) is 22.8. The molecule has 0 aliphatic carbocycles. The summed E-state index contributed by atoms with van der Waals surface area (Å²) in [7, 11) is 1.34. The van der Waals surface area contributed by atoms with Crippen molar-refractivity contribution in [1.82, 2.24) is 0 Å². The smallest absolute Gasteiger partial charge is 0.319 e. The van der Waals surface area contributed by atoms with E-state index < -0.39 is 53.9 Å². The fraction of sp³-hybridized carbons (Fsp3) is 0.526. The minimum absolute atomic E-state index is 0. The maximum atomic E-state index is 12.5. The molecule has 0 aliphatic rings. The topological polar surface area (TPSA) is 158 Å². The predicted octanol–water partition coefficient (Wildman–Crippen LogP) is 3.37. The normalized spacial score (nSPS) is 11.0. The standard InChI is InChI=1S/C20H30O6P.C17H21ClO6.CH5P.ClH/c1-15(21)25-13-20(3,14-26-16(2)22)19(23)24-11-17-7-9-18(10-8-17)12-27(4,5)6;1-12(19)23-10-17(3,11-24-13(2)20)16(21)22-9-15-6-4-14(8-18)5-7-15;1-2;/h7-10H,11-14H2,1-6H3;4-7H,8-11H2,1-3H3;2H2,1H3;1H/q+1;;;/p-1/i;;1T;. The fourth-order valence-corrected chi connectivity index (χ4v) is 5.51. The first kappa shape index (κ1) is 50.7. The Kier molecular flexibility index (Phi) is 24.9. The maximum absolute atomic E-state index is 12.5. The average Bonchev–Trinajstić information content (AvgIpc) is 3.10. The van der Waals surface area contributed by atoms with Crippen molar-refractivity contribution in [3.63, 3.8) is 0 Å². The van der Waals surface area contributed by atoms with Crippen molar-refractivity contribution < 1.29 is 71.0 Å². The summed E-state index contributed by atoms with van der Waals surface area (Å²) in [5.74, 6) is -2.91. The highest BCUT2D eigenvalue weighted by Crippen LogP contribution is 2.49. The Bertz CT molecular complexity index is 1460. The Hall–Kier alpha value is -3.30. The lowest BCUT2D eigenvalue weighted by molar-refractivity contribution is -0.172. The molecule has 0 aliphatic heterocycles. The summed E-state index contributed by atoms with van der Waals surface area (Å²) in [6.07, 6.45) is 1.07.